The molecule has 0 fully saturated rings. The molecular weight excluding hydrogens is 155 g/mol. The number of rotatable bonds is 2. The van der Waals surface area contributed by atoms with Crippen molar-refractivity contribution in [3.05, 3.63) is 0 Å². The van der Waals surface area contributed by atoms with Gasteiger partial charge in [-0.2, -0.15) is 0 Å². The molecular formula is C3H8LiO4Ti+3. The maximum absolute atomic E-state index is 8.17. The summed E-state index contributed by atoms with van der Waals surface area (Å²) in [5.41, 5.74) is 0. The Bertz CT molecular complexity index is 35.0. The first-order valence-corrected chi connectivity index (χ1v) is 1.71. The molecule has 0 amide bonds. The molecule has 0 aliphatic carbocycles. The van der Waals surface area contributed by atoms with Crippen LogP contribution in [0.3, 0.4) is 0 Å². The van der Waals surface area contributed by atoms with Gasteiger partial charge in [-0.1, -0.05) is 0 Å². The van der Waals surface area contributed by atoms with Crippen LogP contribution in [0.25, 0.3) is 0 Å². The Labute approximate surface area is 80.6 Å². The molecule has 0 aromatic carbocycles. The fourth-order valence-electron chi connectivity index (χ4n) is 0.0577. The van der Waals surface area contributed by atoms with E-state index in [1.165, 1.54) is 0 Å². The Morgan fingerprint density at radius 3 is 1.33 bits per heavy atom. The summed E-state index contributed by atoms with van der Waals surface area (Å²) < 4.78 is 0. The molecule has 0 aromatic rings. The SMILES string of the molecule is OCC(O)CO.[Li+].[O-2].[Ti+4]. The second kappa shape index (κ2) is 16.1. The maximum atomic E-state index is 8.17. The molecule has 4 nitrogen and oxygen atoms in total. The molecule has 0 radical (unpaired) electrons. The zero-order chi connectivity index (χ0) is 4.99. The molecule has 0 bridgehead atoms. The van der Waals surface area contributed by atoms with Gasteiger partial charge >= 0.3 is 40.6 Å². The Morgan fingerprint density at radius 2 is 1.33 bits per heavy atom. The van der Waals surface area contributed by atoms with Crippen LogP contribution in [0, 0.1) is 0 Å². The molecule has 0 atom stereocenters. The van der Waals surface area contributed by atoms with Crippen molar-refractivity contribution in [1.29, 1.82) is 0 Å². The average Bonchev–Trinajstić information content (AvgIpc) is 1.65. The van der Waals surface area contributed by atoms with Crippen molar-refractivity contribution in [3.8, 4) is 0 Å². The summed E-state index contributed by atoms with van der Waals surface area (Å²) in [6.07, 6.45) is -0.954. The summed E-state index contributed by atoms with van der Waals surface area (Å²) in [5.74, 6) is 0. The van der Waals surface area contributed by atoms with Crippen LogP contribution in [0.15, 0.2) is 0 Å². The van der Waals surface area contributed by atoms with Crippen LogP contribution >= 0.6 is 0 Å². The van der Waals surface area contributed by atoms with Gasteiger partial charge in [0.1, 0.15) is 6.10 Å². The van der Waals surface area contributed by atoms with Gasteiger partial charge in [-0.05, 0) is 0 Å². The smallest absolute Gasteiger partial charge is 2.00 e. The van der Waals surface area contributed by atoms with Gasteiger partial charge in [0.05, 0.1) is 13.2 Å². The molecule has 0 saturated heterocycles. The first kappa shape index (κ1) is 22.5. The molecule has 9 heavy (non-hydrogen) atoms. The minimum Gasteiger partial charge on any atom is -2.00 e. The van der Waals surface area contributed by atoms with E-state index in [2.05, 4.69) is 0 Å². The van der Waals surface area contributed by atoms with E-state index in [-0.39, 0.29) is 59.3 Å². The number of hydrogen-bond donors (Lipinski definition) is 3. The van der Waals surface area contributed by atoms with Crippen molar-refractivity contribution in [1.82, 2.24) is 0 Å². The molecule has 3 N–H and O–H groups in total. The number of hydrogen-bond acceptors (Lipinski definition) is 3. The van der Waals surface area contributed by atoms with Gasteiger partial charge in [-0.3, -0.25) is 0 Å². The first-order valence-electron chi connectivity index (χ1n) is 1.71. The normalized spacial score (nSPS) is 6.67. The van der Waals surface area contributed by atoms with Crippen molar-refractivity contribution in [3.63, 3.8) is 0 Å². The zero-order valence-corrected chi connectivity index (χ0v) is 6.80. The van der Waals surface area contributed by atoms with Gasteiger partial charge in [-0.15, -0.1) is 0 Å². The van der Waals surface area contributed by atoms with Crippen molar-refractivity contribution < 1.29 is 61.4 Å². The topological polar surface area (TPSA) is 89.2 Å². The van der Waals surface area contributed by atoms with Crippen LogP contribution < -0.4 is 18.9 Å². The van der Waals surface area contributed by atoms with E-state index in [1.54, 1.807) is 0 Å². The fraction of sp³-hybridized carbons (Fsp3) is 1.00. The Morgan fingerprint density at radius 1 is 1.11 bits per heavy atom. The van der Waals surface area contributed by atoms with E-state index < -0.39 is 6.10 Å². The molecule has 0 unspecified atom stereocenters. The van der Waals surface area contributed by atoms with Crippen LogP contribution in [-0.4, -0.2) is 34.6 Å². The molecule has 46 valence electrons. The maximum Gasteiger partial charge on any atom is 4.00 e. The third kappa shape index (κ3) is 17.6. The zero-order valence-electron chi connectivity index (χ0n) is 5.24. The quantitative estimate of drug-likeness (QED) is 0.357. The molecule has 6 heteroatoms. The van der Waals surface area contributed by atoms with E-state index >= 15 is 0 Å². The van der Waals surface area contributed by atoms with Gasteiger partial charge in [0.25, 0.3) is 0 Å². The predicted octanol–water partition coefficient (Wildman–Crippen LogP) is -4.79. The van der Waals surface area contributed by atoms with E-state index in [0.717, 1.165) is 0 Å². The van der Waals surface area contributed by atoms with Crippen LogP contribution in [-0.2, 0) is 27.2 Å². The fourth-order valence-corrected chi connectivity index (χ4v) is 0.0577. The molecule has 0 aromatic heterocycles. The summed E-state index contributed by atoms with van der Waals surface area (Å²) >= 11 is 0. The molecule has 0 heterocycles. The van der Waals surface area contributed by atoms with Crippen LogP contribution in [0.4, 0.5) is 0 Å². The average molecular weight is 163 g/mol. The minimum absolute atomic E-state index is 0. The molecule has 0 aliphatic heterocycles. The molecule has 0 rings (SSSR count). The Hall–Kier alpha value is 1.15. The van der Waals surface area contributed by atoms with Gasteiger partial charge in [-0.25, -0.2) is 0 Å². The van der Waals surface area contributed by atoms with Gasteiger partial charge in [0.15, 0.2) is 0 Å². The van der Waals surface area contributed by atoms with Crippen LogP contribution in [0.1, 0.15) is 0 Å². The van der Waals surface area contributed by atoms with E-state index in [9.17, 15) is 0 Å². The number of aliphatic hydroxyl groups excluding tert-OH is 3. The van der Waals surface area contributed by atoms with E-state index in [0.29, 0.717) is 0 Å². The van der Waals surface area contributed by atoms with Gasteiger partial charge in [0.2, 0.25) is 0 Å². The Kier molecular flexibility index (Phi) is 40.1. The monoisotopic (exact) mass is 163 g/mol. The van der Waals surface area contributed by atoms with Crippen molar-refractivity contribution in [2.45, 2.75) is 6.10 Å². The summed E-state index contributed by atoms with van der Waals surface area (Å²) in [6.45, 7) is -0.729. The Balaban J connectivity index is -0.0000000417. The first-order chi connectivity index (χ1) is 2.81. The largest absolute Gasteiger partial charge is 4.00 e. The second-order valence-corrected chi connectivity index (χ2v) is 1.02. The van der Waals surface area contributed by atoms with Crippen molar-refractivity contribution in [2.24, 2.45) is 0 Å². The predicted molar refractivity (Wildman–Crippen MR) is 20.9 cm³/mol. The summed E-state index contributed by atoms with van der Waals surface area (Å²) in [4.78, 5) is 0. The molecule has 0 aliphatic rings. The summed E-state index contributed by atoms with van der Waals surface area (Å²) in [6, 6.07) is 0. The third-order valence-corrected chi connectivity index (χ3v) is 0.421. The number of aliphatic hydroxyl groups is 3. The van der Waals surface area contributed by atoms with Gasteiger partial charge < -0.3 is 20.8 Å². The van der Waals surface area contributed by atoms with Crippen molar-refractivity contribution in [2.75, 3.05) is 13.2 Å². The molecule has 0 spiro atoms. The standard InChI is InChI=1S/C3H8O3.Li.O.Ti/c4-1-3(6)2-5;;;/h3-6H,1-2H2;;;/q;+1;-2;+4. The van der Waals surface area contributed by atoms with Crippen LogP contribution in [0.2, 0.25) is 0 Å². The second-order valence-electron chi connectivity index (χ2n) is 1.02. The van der Waals surface area contributed by atoms with E-state index in [4.69, 9.17) is 15.3 Å². The minimum atomic E-state index is -0.954. The summed E-state index contributed by atoms with van der Waals surface area (Å²) in [7, 11) is 0. The van der Waals surface area contributed by atoms with Crippen LogP contribution in [0.5, 0.6) is 0 Å². The third-order valence-electron chi connectivity index (χ3n) is 0.421. The van der Waals surface area contributed by atoms with Gasteiger partial charge in [0, 0.05) is 0 Å². The van der Waals surface area contributed by atoms with Crippen molar-refractivity contribution >= 4 is 0 Å². The van der Waals surface area contributed by atoms with E-state index in [1.807, 2.05) is 0 Å². The molecule has 0 saturated carbocycles. The summed E-state index contributed by atoms with van der Waals surface area (Å²) in [5, 5.41) is 24.0.